The van der Waals surface area contributed by atoms with Crippen LogP contribution in [0, 0.1) is 11.3 Å². The van der Waals surface area contributed by atoms with Crippen molar-refractivity contribution in [1.29, 1.82) is 5.26 Å². The second kappa shape index (κ2) is 7.15. The summed E-state index contributed by atoms with van der Waals surface area (Å²) in [7, 11) is 4.05. The van der Waals surface area contributed by atoms with E-state index in [0.717, 1.165) is 25.9 Å². The van der Waals surface area contributed by atoms with Gasteiger partial charge in [0, 0.05) is 25.3 Å². The Labute approximate surface area is 115 Å². The zero-order valence-electron chi connectivity index (χ0n) is 12.3. The zero-order valence-corrected chi connectivity index (χ0v) is 12.3. The average Bonchev–Trinajstić information content (AvgIpc) is 2.35. The molecule has 1 aliphatic rings. The van der Waals surface area contributed by atoms with Gasteiger partial charge < -0.3 is 15.1 Å². The van der Waals surface area contributed by atoms with Gasteiger partial charge in [-0.3, -0.25) is 4.79 Å². The van der Waals surface area contributed by atoms with E-state index in [0.29, 0.717) is 6.04 Å². The summed E-state index contributed by atoms with van der Waals surface area (Å²) < 4.78 is 0. The number of carbonyl (C=O) groups excluding carboxylic acids is 1. The lowest BCUT2D eigenvalue weighted by Gasteiger charge is -2.34. The summed E-state index contributed by atoms with van der Waals surface area (Å²) in [5.41, 5.74) is 0.176. The molecule has 5 heteroatoms. The fourth-order valence-corrected chi connectivity index (χ4v) is 2.19. The summed E-state index contributed by atoms with van der Waals surface area (Å²) >= 11 is 0. The van der Waals surface area contributed by atoms with Gasteiger partial charge in [0.15, 0.2) is 0 Å². The van der Waals surface area contributed by atoms with E-state index >= 15 is 0 Å². The molecular formula is C14H24N4O. The Bertz CT molecular complexity index is 375. The highest BCUT2D eigenvalue weighted by atomic mass is 16.1. The molecule has 1 N–H and O–H groups in total. The molecule has 0 spiro atoms. The molecule has 1 saturated heterocycles. The molecule has 1 fully saturated rings. The minimum Gasteiger partial charge on any atom is -0.376 e. The van der Waals surface area contributed by atoms with E-state index in [9.17, 15) is 4.79 Å². The lowest BCUT2D eigenvalue weighted by molar-refractivity contribution is -0.117. The van der Waals surface area contributed by atoms with Gasteiger partial charge >= 0.3 is 0 Å². The van der Waals surface area contributed by atoms with Crippen LogP contribution in [0.25, 0.3) is 0 Å². The number of amides is 1. The zero-order chi connectivity index (χ0) is 14.4. The Morgan fingerprint density at radius 1 is 1.47 bits per heavy atom. The number of likely N-dealkylation sites (tertiary alicyclic amines) is 1. The van der Waals surface area contributed by atoms with Crippen molar-refractivity contribution < 1.29 is 4.79 Å². The highest BCUT2D eigenvalue weighted by Gasteiger charge is 2.20. The molecule has 1 aliphatic heterocycles. The van der Waals surface area contributed by atoms with Crippen LogP contribution < -0.4 is 5.32 Å². The first kappa shape index (κ1) is 15.5. The summed E-state index contributed by atoms with van der Waals surface area (Å²) in [4.78, 5) is 16.1. The number of hydrogen-bond donors (Lipinski definition) is 1. The van der Waals surface area contributed by atoms with E-state index in [2.05, 4.69) is 17.3 Å². The summed E-state index contributed by atoms with van der Waals surface area (Å²) in [5, 5.41) is 11.8. The molecule has 0 saturated carbocycles. The van der Waals surface area contributed by atoms with Crippen LogP contribution in [0.5, 0.6) is 0 Å². The number of nitriles is 1. The smallest absolute Gasteiger partial charge is 0.263 e. The Kier molecular flexibility index (Phi) is 5.84. The van der Waals surface area contributed by atoms with Crippen molar-refractivity contribution in [1.82, 2.24) is 15.1 Å². The molecule has 0 aromatic rings. The van der Waals surface area contributed by atoms with E-state index in [-0.39, 0.29) is 17.5 Å². The van der Waals surface area contributed by atoms with Crippen LogP contribution in [0.1, 0.15) is 26.7 Å². The Morgan fingerprint density at radius 3 is 2.53 bits per heavy atom. The van der Waals surface area contributed by atoms with Crippen LogP contribution >= 0.6 is 0 Å². The standard InChI is InChI=1S/C14H24N4O/c1-11(2)16-14(19)12(9-15)10-18(4)13-5-7-17(3)8-6-13/h10-11,13H,5-8H2,1-4H3,(H,16,19)/b12-10-. The predicted molar refractivity (Wildman–Crippen MR) is 75.3 cm³/mol. The first-order chi connectivity index (χ1) is 8.93. The lowest BCUT2D eigenvalue weighted by Crippen LogP contribution is -2.40. The SMILES string of the molecule is CC(C)NC(=O)/C(C#N)=C\N(C)C1CCN(C)CC1. The molecule has 19 heavy (non-hydrogen) atoms. The molecular weight excluding hydrogens is 240 g/mol. The van der Waals surface area contributed by atoms with Gasteiger partial charge in [0.25, 0.3) is 5.91 Å². The van der Waals surface area contributed by atoms with Gasteiger partial charge in [0.05, 0.1) is 0 Å². The average molecular weight is 264 g/mol. The van der Waals surface area contributed by atoms with Gasteiger partial charge in [-0.05, 0) is 46.8 Å². The third-order valence-electron chi connectivity index (χ3n) is 3.38. The summed E-state index contributed by atoms with van der Waals surface area (Å²) in [6.07, 6.45) is 3.80. The summed E-state index contributed by atoms with van der Waals surface area (Å²) in [6.45, 7) is 5.88. The predicted octanol–water partition coefficient (Wildman–Crippen LogP) is 0.944. The molecule has 106 valence electrons. The van der Waals surface area contributed by atoms with E-state index in [1.165, 1.54) is 0 Å². The Hall–Kier alpha value is -1.54. The van der Waals surface area contributed by atoms with E-state index in [1.54, 1.807) is 6.20 Å². The number of nitrogens with one attached hydrogen (secondary N) is 1. The van der Waals surface area contributed by atoms with Crippen LogP contribution in [0.3, 0.4) is 0 Å². The van der Waals surface area contributed by atoms with Crippen LogP contribution in [-0.4, -0.2) is 55.0 Å². The maximum atomic E-state index is 11.8. The third kappa shape index (κ3) is 4.92. The first-order valence-corrected chi connectivity index (χ1v) is 6.77. The molecule has 0 atom stereocenters. The van der Waals surface area contributed by atoms with Crippen molar-refractivity contribution in [2.75, 3.05) is 27.2 Å². The molecule has 1 amide bonds. The monoisotopic (exact) mass is 264 g/mol. The van der Waals surface area contributed by atoms with Crippen molar-refractivity contribution in [2.24, 2.45) is 0 Å². The van der Waals surface area contributed by atoms with Gasteiger partial charge in [0.2, 0.25) is 0 Å². The van der Waals surface area contributed by atoms with E-state index in [1.807, 2.05) is 31.9 Å². The Morgan fingerprint density at radius 2 is 2.05 bits per heavy atom. The van der Waals surface area contributed by atoms with Crippen LogP contribution in [-0.2, 0) is 4.79 Å². The number of carbonyl (C=O) groups is 1. The molecule has 1 heterocycles. The minimum atomic E-state index is -0.294. The number of hydrogen-bond acceptors (Lipinski definition) is 4. The molecule has 5 nitrogen and oxygen atoms in total. The number of nitrogens with zero attached hydrogens (tertiary/aromatic N) is 3. The second-order valence-electron chi connectivity index (χ2n) is 5.48. The van der Waals surface area contributed by atoms with Crippen molar-refractivity contribution in [2.45, 2.75) is 38.8 Å². The maximum Gasteiger partial charge on any atom is 0.263 e. The minimum absolute atomic E-state index is 0.0397. The molecule has 0 unspecified atom stereocenters. The highest BCUT2D eigenvalue weighted by molar-refractivity contribution is 5.97. The topological polar surface area (TPSA) is 59.4 Å². The van der Waals surface area contributed by atoms with Crippen molar-refractivity contribution >= 4 is 5.91 Å². The maximum absolute atomic E-state index is 11.8. The van der Waals surface area contributed by atoms with Gasteiger partial charge in [-0.25, -0.2) is 0 Å². The van der Waals surface area contributed by atoms with Gasteiger partial charge in [-0.1, -0.05) is 0 Å². The fraction of sp³-hybridized carbons (Fsp3) is 0.714. The van der Waals surface area contributed by atoms with Crippen LogP contribution in [0.15, 0.2) is 11.8 Å². The van der Waals surface area contributed by atoms with E-state index in [4.69, 9.17) is 5.26 Å². The first-order valence-electron chi connectivity index (χ1n) is 6.77. The highest BCUT2D eigenvalue weighted by Crippen LogP contribution is 2.15. The molecule has 0 bridgehead atoms. The Balaban J connectivity index is 2.64. The molecule has 1 rings (SSSR count). The quantitative estimate of drug-likeness (QED) is 0.606. The van der Waals surface area contributed by atoms with Crippen molar-refractivity contribution in [3.8, 4) is 6.07 Å². The molecule has 0 aliphatic carbocycles. The van der Waals surface area contributed by atoms with Crippen LogP contribution in [0.4, 0.5) is 0 Å². The largest absolute Gasteiger partial charge is 0.376 e. The third-order valence-corrected chi connectivity index (χ3v) is 3.38. The molecule has 0 aromatic heterocycles. The normalized spacial score (nSPS) is 18.2. The van der Waals surface area contributed by atoms with E-state index < -0.39 is 0 Å². The number of piperidine rings is 1. The van der Waals surface area contributed by atoms with Gasteiger partial charge in [-0.2, -0.15) is 5.26 Å². The van der Waals surface area contributed by atoms with Gasteiger partial charge in [-0.15, -0.1) is 0 Å². The summed E-state index contributed by atoms with van der Waals surface area (Å²) in [5.74, 6) is -0.294. The molecule has 0 aromatic carbocycles. The van der Waals surface area contributed by atoms with Crippen molar-refractivity contribution in [3.05, 3.63) is 11.8 Å². The van der Waals surface area contributed by atoms with Gasteiger partial charge in [0.1, 0.15) is 11.6 Å². The van der Waals surface area contributed by atoms with Crippen LogP contribution in [0.2, 0.25) is 0 Å². The second-order valence-corrected chi connectivity index (χ2v) is 5.48. The fourth-order valence-electron chi connectivity index (χ4n) is 2.19. The lowest BCUT2D eigenvalue weighted by atomic mass is 10.0. The van der Waals surface area contributed by atoms with Crippen molar-refractivity contribution in [3.63, 3.8) is 0 Å². The molecule has 0 radical (unpaired) electrons. The number of rotatable bonds is 4. The summed E-state index contributed by atoms with van der Waals surface area (Å²) in [6, 6.07) is 2.43.